The van der Waals surface area contributed by atoms with Crippen molar-refractivity contribution in [3.8, 4) is 17.0 Å². The van der Waals surface area contributed by atoms with E-state index in [0.29, 0.717) is 18.1 Å². The van der Waals surface area contributed by atoms with Gasteiger partial charge in [0, 0.05) is 48.6 Å². The highest BCUT2D eigenvalue weighted by atomic mass is 32.2. The van der Waals surface area contributed by atoms with Gasteiger partial charge in [0.2, 0.25) is 0 Å². The second kappa shape index (κ2) is 9.09. The molecular weight excluding hydrogens is 518 g/mol. The third-order valence-corrected chi connectivity index (χ3v) is 10.3. The molecule has 2 atom stereocenters. The van der Waals surface area contributed by atoms with E-state index in [1.807, 2.05) is 24.3 Å². The Bertz CT molecular complexity index is 1620. The Balaban J connectivity index is 1.60. The molecule has 2 aromatic carbocycles. The normalized spacial score (nSPS) is 22.5. The SMILES string of the molecule is COc1ccc2c(c1)C1C[C@]1(C(=O)O)Cn1c-2c(C2CCCCC2)c2ccc(C(=O)NS(=O)(=O)N(C)C)cc21. The maximum absolute atomic E-state index is 13.0. The molecule has 0 radical (unpaired) electrons. The number of carboxylic acids is 1. The maximum atomic E-state index is 13.0. The van der Waals surface area contributed by atoms with Gasteiger partial charge in [-0.25, -0.2) is 4.72 Å². The van der Waals surface area contributed by atoms with Crippen molar-refractivity contribution in [2.45, 2.75) is 56.9 Å². The van der Waals surface area contributed by atoms with E-state index in [9.17, 15) is 23.1 Å². The van der Waals surface area contributed by atoms with Gasteiger partial charge in [-0.15, -0.1) is 0 Å². The van der Waals surface area contributed by atoms with E-state index >= 15 is 0 Å². The Hall–Kier alpha value is -3.37. The van der Waals surface area contributed by atoms with Gasteiger partial charge in [-0.05, 0) is 66.6 Å². The molecule has 3 aromatic rings. The first kappa shape index (κ1) is 25.9. The van der Waals surface area contributed by atoms with E-state index in [-0.39, 0.29) is 18.0 Å². The quantitative estimate of drug-likeness (QED) is 0.467. The minimum atomic E-state index is -3.97. The molecule has 2 N–H and O–H groups in total. The number of rotatable bonds is 6. The van der Waals surface area contributed by atoms with Crippen molar-refractivity contribution in [3.63, 3.8) is 0 Å². The van der Waals surface area contributed by atoms with Crippen LogP contribution in [0, 0.1) is 5.41 Å². The number of ether oxygens (including phenoxy) is 1. The number of carbonyl (C=O) groups excluding carboxylic acids is 1. The molecule has 0 saturated heterocycles. The standard InChI is InChI=1S/C29H33N3O6S/c1-31(2)39(36,37)30-27(33)18-9-11-21-24(13-18)32-16-29(28(34)35)15-23(29)22-14-19(38-3)10-12-20(22)26(32)25(21)17-7-5-4-6-8-17/h9-14,17,23H,4-8,15-16H2,1-3H3,(H,30,33)(H,34,35)/t23?,29-/m0/s1. The van der Waals surface area contributed by atoms with Crippen LogP contribution in [-0.2, 0) is 21.5 Å². The second-order valence-electron chi connectivity index (χ2n) is 11.3. The Kier molecular flexibility index (Phi) is 6.03. The van der Waals surface area contributed by atoms with Crippen LogP contribution >= 0.6 is 0 Å². The van der Waals surface area contributed by atoms with Gasteiger partial charge in [0.05, 0.1) is 18.2 Å². The monoisotopic (exact) mass is 551 g/mol. The van der Waals surface area contributed by atoms with Crippen molar-refractivity contribution < 1.29 is 27.9 Å². The van der Waals surface area contributed by atoms with Crippen LogP contribution < -0.4 is 9.46 Å². The molecule has 2 heterocycles. The highest BCUT2D eigenvalue weighted by Crippen LogP contribution is 2.65. The molecule has 1 amide bonds. The van der Waals surface area contributed by atoms with Gasteiger partial charge in [0.15, 0.2) is 0 Å². The molecule has 1 aromatic heterocycles. The number of nitrogens with zero attached hydrogens (tertiary/aromatic N) is 2. The summed E-state index contributed by atoms with van der Waals surface area (Å²) in [6.45, 7) is 0.281. The number of fused-ring (bicyclic) bond motifs is 7. The van der Waals surface area contributed by atoms with E-state index in [2.05, 4.69) is 9.29 Å². The molecule has 6 rings (SSSR count). The van der Waals surface area contributed by atoms with Gasteiger partial charge in [0.25, 0.3) is 5.91 Å². The van der Waals surface area contributed by atoms with Crippen molar-refractivity contribution in [2.24, 2.45) is 5.41 Å². The fourth-order valence-electron chi connectivity index (χ4n) is 6.69. The lowest BCUT2D eigenvalue weighted by molar-refractivity contribution is -0.144. The number of amides is 1. The predicted octanol–water partition coefficient (Wildman–Crippen LogP) is 4.47. The first-order valence-electron chi connectivity index (χ1n) is 13.4. The zero-order valence-electron chi connectivity index (χ0n) is 22.4. The van der Waals surface area contributed by atoms with Crippen molar-refractivity contribution in [3.05, 3.63) is 53.1 Å². The summed E-state index contributed by atoms with van der Waals surface area (Å²) >= 11 is 0. The van der Waals surface area contributed by atoms with Crippen LogP contribution in [0.3, 0.4) is 0 Å². The number of hydrogen-bond acceptors (Lipinski definition) is 5. The third kappa shape index (κ3) is 4.03. The molecule has 0 bridgehead atoms. The highest BCUT2D eigenvalue weighted by molar-refractivity contribution is 7.87. The summed E-state index contributed by atoms with van der Waals surface area (Å²) in [6, 6.07) is 11.2. The topological polar surface area (TPSA) is 118 Å². The van der Waals surface area contributed by atoms with Crippen molar-refractivity contribution in [1.82, 2.24) is 13.6 Å². The Labute approximate surface area is 227 Å². The molecule has 2 saturated carbocycles. The number of carbonyl (C=O) groups is 2. The van der Waals surface area contributed by atoms with Crippen LogP contribution in [-0.4, -0.2) is 55.5 Å². The van der Waals surface area contributed by atoms with Gasteiger partial charge in [-0.3, -0.25) is 9.59 Å². The van der Waals surface area contributed by atoms with E-state index in [0.717, 1.165) is 57.7 Å². The molecule has 0 spiro atoms. The lowest BCUT2D eigenvalue weighted by atomic mass is 9.81. The van der Waals surface area contributed by atoms with Gasteiger partial charge in [-0.1, -0.05) is 25.3 Å². The summed E-state index contributed by atoms with van der Waals surface area (Å²) in [5, 5.41) is 11.4. The maximum Gasteiger partial charge on any atom is 0.312 e. The van der Waals surface area contributed by atoms with E-state index in [1.54, 1.807) is 19.2 Å². The first-order valence-corrected chi connectivity index (χ1v) is 14.8. The van der Waals surface area contributed by atoms with Gasteiger partial charge in [-0.2, -0.15) is 12.7 Å². The molecule has 39 heavy (non-hydrogen) atoms. The van der Waals surface area contributed by atoms with Crippen LogP contribution in [0.15, 0.2) is 36.4 Å². The molecule has 9 nitrogen and oxygen atoms in total. The van der Waals surface area contributed by atoms with Crippen LogP contribution in [0.25, 0.3) is 22.2 Å². The molecule has 2 aliphatic carbocycles. The van der Waals surface area contributed by atoms with Gasteiger partial charge < -0.3 is 14.4 Å². The molecular formula is C29H33N3O6S. The number of aromatic nitrogens is 1. The molecule has 10 heteroatoms. The average Bonchev–Trinajstić information content (AvgIpc) is 3.59. The third-order valence-electron chi connectivity index (χ3n) is 8.91. The van der Waals surface area contributed by atoms with Crippen LogP contribution in [0.5, 0.6) is 5.75 Å². The minimum Gasteiger partial charge on any atom is -0.497 e. The summed E-state index contributed by atoms with van der Waals surface area (Å²) < 4.78 is 35.3. The summed E-state index contributed by atoms with van der Waals surface area (Å²) in [6.07, 6.45) is 6.10. The van der Waals surface area contributed by atoms with Crippen molar-refractivity contribution in [1.29, 1.82) is 0 Å². The number of carboxylic acid groups (broad SMARTS) is 1. The summed E-state index contributed by atoms with van der Waals surface area (Å²) in [5.41, 5.74) is 4.24. The largest absolute Gasteiger partial charge is 0.497 e. The smallest absolute Gasteiger partial charge is 0.312 e. The summed E-state index contributed by atoms with van der Waals surface area (Å²) in [4.78, 5) is 25.7. The van der Waals surface area contributed by atoms with Crippen molar-refractivity contribution in [2.75, 3.05) is 21.2 Å². The zero-order valence-corrected chi connectivity index (χ0v) is 23.2. The number of hydrogen-bond donors (Lipinski definition) is 2. The van der Waals surface area contributed by atoms with Crippen molar-refractivity contribution >= 4 is 33.0 Å². The number of aliphatic carboxylic acids is 1. The lowest BCUT2D eigenvalue weighted by Crippen LogP contribution is -2.39. The summed E-state index contributed by atoms with van der Waals surface area (Å²) in [5.74, 6) is -0.676. The molecule has 3 aliphatic rings. The first-order chi connectivity index (χ1) is 18.6. The predicted molar refractivity (Wildman–Crippen MR) is 147 cm³/mol. The van der Waals surface area contributed by atoms with E-state index in [4.69, 9.17) is 4.74 Å². The molecule has 1 unspecified atom stereocenters. The van der Waals surface area contributed by atoms with Gasteiger partial charge >= 0.3 is 16.2 Å². The fraction of sp³-hybridized carbons (Fsp3) is 0.448. The Morgan fingerprint density at radius 3 is 2.51 bits per heavy atom. The molecule has 1 aliphatic heterocycles. The Morgan fingerprint density at radius 2 is 1.85 bits per heavy atom. The van der Waals surface area contributed by atoms with Gasteiger partial charge in [0.1, 0.15) is 5.75 Å². The molecule has 206 valence electrons. The zero-order chi connectivity index (χ0) is 27.7. The second-order valence-corrected chi connectivity index (χ2v) is 13.2. The fourth-order valence-corrected chi connectivity index (χ4v) is 7.22. The average molecular weight is 552 g/mol. The van der Waals surface area contributed by atoms with Crippen LogP contribution in [0.4, 0.5) is 0 Å². The van der Waals surface area contributed by atoms with Crippen LogP contribution in [0.1, 0.15) is 71.8 Å². The van der Waals surface area contributed by atoms with Crippen LogP contribution in [0.2, 0.25) is 0 Å². The van der Waals surface area contributed by atoms with E-state index < -0.39 is 27.5 Å². The lowest BCUT2D eigenvalue weighted by Gasteiger charge is -2.24. The summed E-state index contributed by atoms with van der Waals surface area (Å²) in [7, 11) is 0.354. The number of benzene rings is 2. The molecule has 2 fully saturated rings. The number of methoxy groups -OCH3 is 1. The Morgan fingerprint density at radius 1 is 1.10 bits per heavy atom. The highest BCUT2D eigenvalue weighted by Gasteiger charge is 2.63. The van der Waals surface area contributed by atoms with E-state index in [1.165, 1.54) is 26.1 Å². The minimum absolute atomic E-state index is 0.133. The number of nitrogens with one attached hydrogen (secondary N) is 1.